The maximum Gasteiger partial charge on any atom is 0.126 e. The smallest absolute Gasteiger partial charge is 0.126 e. The zero-order valence-corrected chi connectivity index (χ0v) is 14.5. The van der Waals surface area contributed by atoms with Gasteiger partial charge in [0.25, 0.3) is 0 Å². The SMILES string of the molecule is COc1ccc(C2c3ccccc3Sc3ccccc32)c(OC)c1. The molecular formula is C21H18O2S. The molecule has 0 N–H and O–H groups in total. The standard InChI is InChI=1S/C21H18O2S/c1-22-14-11-12-15(18(13-14)23-2)21-16-7-3-5-9-19(16)24-20-10-6-4-8-17(20)21/h3-13,21H,1-2H3. The number of benzene rings is 3. The fraction of sp³-hybridized carbons (Fsp3) is 0.143. The predicted octanol–water partition coefficient (Wildman–Crippen LogP) is 5.35. The Morgan fingerprint density at radius 3 is 1.92 bits per heavy atom. The number of ether oxygens (including phenoxy) is 2. The Labute approximate surface area is 146 Å². The molecule has 0 aromatic heterocycles. The van der Waals surface area contributed by atoms with Crippen LogP contribution in [0, 0.1) is 0 Å². The van der Waals surface area contributed by atoms with Gasteiger partial charge in [-0.3, -0.25) is 0 Å². The Morgan fingerprint density at radius 1 is 0.708 bits per heavy atom. The zero-order chi connectivity index (χ0) is 16.5. The minimum atomic E-state index is 0.166. The average Bonchev–Trinajstić information content (AvgIpc) is 2.65. The van der Waals surface area contributed by atoms with Crippen LogP contribution < -0.4 is 9.47 Å². The van der Waals surface area contributed by atoms with Crippen molar-refractivity contribution in [2.45, 2.75) is 15.7 Å². The van der Waals surface area contributed by atoms with E-state index in [1.165, 1.54) is 26.5 Å². The molecule has 0 bridgehead atoms. The monoisotopic (exact) mass is 334 g/mol. The summed E-state index contributed by atoms with van der Waals surface area (Å²) in [5.74, 6) is 1.83. The highest BCUT2D eigenvalue weighted by Gasteiger charge is 2.29. The highest BCUT2D eigenvalue weighted by atomic mass is 32.2. The Bertz CT molecular complexity index is 843. The number of hydrogen-bond donors (Lipinski definition) is 0. The van der Waals surface area contributed by atoms with E-state index in [9.17, 15) is 0 Å². The molecule has 1 aliphatic rings. The predicted molar refractivity (Wildman–Crippen MR) is 97.5 cm³/mol. The first-order chi connectivity index (χ1) is 11.8. The van der Waals surface area contributed by atoms with E-state index in [1.54, 1.807) is 14.2 Å². The van der Waals surface area contributed by atoms with E-state index in [-0.39, 0.29) is 5.92 Å². The van der Waals surface area contributed by atoms with Gasteiger partial charge in [0.2, 0.25) is 0 Å². The molecule has 0 unspecified atom stereocenters. The lowest BCUT2D eigenvalue weighted by atomic mass is 9.84. The highest BCUT2D eigenvalue weighted by molar-refractivity contribution is 7.99. The summed E-state index contributed by atoms with van der Waals surface area (Å²) < 4.78 is 11.0. The van der Waals surface area contributed by atoms with Gasteiger partial charge in [-0.2, -0.15) is 0 Å². The topological polar surface area (TPSA) is 18.5 Å². The van der Waals surface area contributed by atoms with Crippen LogP contribution in [0.3, 0.4) is 0 Å². The quantitative estimate of drug-likeness (QED) is 0.503. The third-order valence-corrected chi connectivity index (χ3v) is 5.61. The second-order valence-electron chi connectivity index (χ2n) is 5.72. The molecule has 1 aliphatic heterocycles. The van der Waals surface area contributed by atoms with Crippen LogP contribution in [0.2, 0.25) is 0 Å². The second kappa shape index (κ2) is 6.25. The molecule has 0 fully saturated rings. The largest absolute Gasteiger partial charge is 0.497 e. The summed E-state index contributed by atoms with van der Waals surface area (Å²) in [5, 5.41) is 0. The van der Waals surface area contributed by atoms with Gasteiger partial charge in [0, 0.05) is 27.3 Å². The number of hydrogen-bond acceptors (Lipinski definition) is 3. The Kier molecular flexibility index (Phi) is 3.95. The fourth-order valence-electron chi connectivity index (χ4n) is 3.30. The molecule has 0 amide bonds. The number of methoxy groups -OCH3 is 2. The number of fused-ring (bicyclic) bond motifs is 2. The minimum absolute atomic E-state index is 0.166. The molecule has 0 saturated heterocycles. The van der Waals surface area contributed by atoms with Crippen LogP contribution in [0.4, 0.5) is 0 Å². The van der Waals surface area contributed by atoms with Gasteiger partial charge >= 0.3 is 0 Å². The Balaban J connectivity index is 1.95. The summed E-state index contributed by atoms with van der Waals surface area (Å²) in [4.78, 5) is 2.61. The maximum atomic E-state index is 5.68. The van der Waals surface area contributed by atoms with Crippen molar-refractivity contribution in [3.05, 3.63) is 83.4 Å². The molecule has 0 radical (unpaired) electrons. The lowest BCUT2D eigenvalue weighted by Crippen LogP contribution is -2.11. The van der Waals surface area contributed by atoms with Crippen LogP contribution in [0.15, 0.2) is 76.5 Å². The van der Waals surface area contributed by atoms with Crippen molar-refractivity contribution in [1.82, 2.24) is 0 Å². The van der Waals surface area contributed by atoms with Crippen molar-refractivity contribution in [2.75, 3.05) is 14.2 Å². The molecule has 1 heterocycles. The third-order valence-electron chi connectivity index (χ3n) is 4.43. The van der Waals surface area contributed by atoms with Crippen molar-refractivity contribution in [2.24, 2.45) is 0 Å². The van der Waals surface area contributed by atoms with Gasteiger partial charge in [-0.1, -0.05) is 54.2 Å². The molecule has 0 atom stereocenters. The van der Waals surface area contributed by atoms with Crippen LogP contribution in [0.5, 0.6) is 11.5 Å². The molecule has 2 nitrogen and oxygen atoms in total. The molecule has 24 heavy (non-hydrogen) atoms. The molecule has 3 aromatic rings. The van der Waals surface area contributed by atoms with Gasteiger partial charge in [0.15, 0.2) is 0 Å². The zero-order valence-electron chi connectivity index (χ0n) is 13.7. The van der Waals surface area contributed by atoms with E-state index in [1.807, 2.05) is 23.9 Å². The normalized spacial score (nSPS) is 13.1. The van der Waals surface area contributed by atoms with Crippen molar-refractivity contribution < 1.29 is 9.47 Å². The lowest BCUT2D eigenvalue weighted by Gasteiger charge is -2.29. The van der Waals surface area contributed by atoms with E-state index >= 15 is 0 Å². The third kappa shape index (κ3) is 2.45. The van der Waals surface area contributed by atoms with E-state index in [4.69, 9.17) is 9.47 Å². The van der Waals surface area contributed by atoms with Gasteiger partial charge in [-0.15, -0.1) is 0 Å². The molecule has 0 aliphatic carbocycles. The van der Waals surface area contributed by atoms with Gasteiger partial charge in [0.05, 0.1) is 14.2 Å². The Hall–Kier alpha value is -2.39. The molecule has 0 saturated carbocycles. The fourth-order valence-corrected chi connectivity index (χ4v) is 4.44. The van der Waals surface area contributed by atoms with E-state index in [0.29, 0.717) is 0 Å². The molecule has 3 aromatic carbocycles. The highest BCUT2D eigenvalue weighted by Crippen LogP contribution is 2.50. The van der Waals surface area contributed by atoms with Gasteiger partial charge < -0.3 is 9.47 Å². The maximum absolute atomic E-state index is 5.68. The molecule has 120 valence electrons. The summed E-state index contributed by atoms with van der Waals surface area (Å²) >= 11 is 1.84. The summed E-state index contributed by atoms with van der Waals surface area (Å²) in [5.41, 5.74) is 3.81. The molecular weight excluding hydrogens is 316 g/mol. The second-order valence-corrected chi connectivity index (χ2v) is 6.80. The van der Waals surface area contributed by atoms with Crippen LogP contribution in [0.1, 0.15) is 22.6 Å². The van der Waals surface area contributed by atoms with Gasteiger partial charge in [-0.05, 0) is 29.3 Å². The molecule has 3 heteroatoms. The van der Waals surface area contributed by atoms with Crippen molar-refractivity contribution >= 4 is 11.8 Å². The summed E-state index contributed by atoms with van der Waals surface area (Å²) in [6.45, 7) is 0. The van der Waals surface area contributed by atoms with Gasteiger partial charge in [-0.25, -0.2) is 0 Å². The first kappa shape index (κ1) is 15.2. The van der Waals surface area contributed by atoms with Crippen molar-refractivity contribution in [1.29, 1.82) is 0 Å². The van der Waals surface area contributed by atoms with Crippen LogP contribution >= 0.6 is 11.8 Å². The van der Waals surface area contributed by atoms with Crippen LogP contribution in [0.25, 0.3) is 0 Å². The van der Waals surface area contributed by atoms with E-state index in [2.05, 4.69) is 54.6 Å². The van der Waals surface area contributed by atoms with E-state index < -0.39 is 0 Å². The minimum Gasteiger partial charge on any atom is -0.497 e. The summed E-state index contributed by atoms with van der Waals surface area (Å²) in [7, 11) is 3.39. The summed E-state index contributed by atoms with van der Waals surface area (Å²) in [6.07, 6.45) is 0. The Morgan fingerprint density at radius 2 is 1.33 bits per heavy atom. The average molecular weight is 334 g/mol. The molecule has 0 spiro atoms. The number of rotatable bonds is 3. The van der Waals surface area contributed by atoms with Gasteiger partial charge in [0.1, 0.15) is 11.5 Å². The van der Waals surface area contributed by atoms with Crippen molar-refractivity contribution in [3.8, 4) is 11.5 Å². The summed E-state index contributed by atoms with van der Waals surface area (Å²) in [6, 6.07) is 23.3. The van der Waals surface area contributed by atoms with Crippen LogP contribution in [-0.4, -0.2) is 14.2 Å². The van der Waals surface area contributed by atoms with Crippen LogP contribution in [-0.2, 0) is 0 Å². The molecule has 4 rings (SSSR count). The van der Waals surface area contributed by atoms with E-state index in [0.717, 1.165) is 11.5 Å². The van der Waals surface area contributed by atoms with Crippen molar-refractivity contribution in [3.63, 3.8) is 0 Å². The lowest BCUT2D eigenvalue weighted by molar-refractivity contribution is 0.390. The first-order valence-corrected chi connectivity index (χ1v) is 8.71. The first-order valence-electron chi connectivity index (χ1n) is 7.89.